The van der Waals surface area contributed by atoms with Gasteiger partial charge < -0.3 is 5.32 Å². The van der Waals surface area contributed by atoms with E-state index >= 15 is 0 Å². The number of aromatic nitrogens is 3. The van der Waals surface area contributed by atoms with Crippen LogP contribution in [-0.2, 0) is 16.1 Å². The molecule has 1 aliphatic rings. The van der Waals surface area contributed by atoms with Crippen molar-refractivity contribution in [3.8, 4) is 16.9 Å². The van der Waals surface area contributed by atoms with Gasteiger partial charge in [-0.05, 0) is 53.6 Å². The fraction of sp³-hybridized carbons (Fsp3) is 0.125. The Morgan fingerprint density at radius 2 is 1.76 bits per heavy atom. The van der Waals surface area contributed by atoms with Crippen LogP contribution in [0.25, 0.3) is 16.9 Å². The summed E-state index contributed by atoms with van der Waals surface area (Å²) in [5.74, 6) is -1.08. The highest BCUT2D eigenvalue weighted by Crippen LogP contribution is 2.48. The van der Waals surface area contributed by atoms with Gasteiger partial charge in [0.1, 0.15) is 24.0 Å². The number of pyridine rings is 1. The van der Waals surface area contributed by atoms with E-state index < -0.39 is 16.9 Å². The summed E-state index contributed by atoms with van der Waals surface area (Å²) in [7, 11) is 0. The van der Waals surface area contributed by atoms with Gasteiger partial charge in [-0.25, -0.2) is 13.5 Å². The first kappa shape index (κ1) is 27.3. The van der Waals surface area contributed by atoms with E-state index in [4.69, 9.17) is 5.10 Å². The van der Waals surface area contributed by atoms with Gasteiger partial charge in [0.25, 0.3) is 0 Å². The molecule has 10 heteroatoms. The van der Waals surface area contributed by atoms with Gasteiger partial charge in [-0.3, -0.25) is 19.5 Å². The lowest BCUT2D eigenvalue weighted by atomic mass is 9.99. The molecule has 6 rings (SSSR count). The number of nitrogens with zero attached hydrogens (tertiary/aromatic N) is 4. The number of amides is 2. The molecule has 0 bridgehead atoms. The second-order valence-corrected chi connectivity index (χ2v) is 10.8. The number of hydrogen-bond acceptors (Lipinski definition) is 5. The van der Waals surface area contributed by atoms with Crippen LogP contribution in [0.5, 0.6) is 0 Å². The van der Waals surface area contributed by atoms with Crippen LogP contribution in [0.4, 0.5) is 14.6 Å². The van der Waals surface area contributed by atoms with Crippen molar-refractivity contribution in [3.05, 3.63) is 132 Å². The number of carbonyl (C=O) groups excluding carboxylic acids is 2. The molecule has 0 unspecified atom stereocenters. The minimum absolute atomic E-state index is 0.0450. The van der Waals surface area contributed by atoms with Crippen molar-refractivity contribution in [2.45, 2.75) is 11.8 Å². The Hall–Kier alpha value is -4.83. The third-order valence-corrected chi connectivity index (χ3v) is 8.13. The molecule has 0 aliphatic carbocycles. The molecule has 0 saturated heterocycles. The Morgan fingerprint density at radius 1 is 0.952 bits per heavy atom. The summed E-state index contributed by atoms with van der Waals surface area (Å²) in [6.07, 6.45) is 3.31. The standard InChI is InChI=1S/C32H25F2N5O2S/c33-24-11-13-26(14-12-24)39-32-29(30(37-39)22-7-2-1-3-8-22)31(23-9-4-10-25(34)16-23)42-20-28(41)38(32)19-27(40)36-18-21-6-5-15-35-17-21/h1-17,31H,18-20H2,(H,36,40)/t31-/m1/s1. The molecule has 3 heterocycles. The van der Waals surface area contributed by atoms with Gasteiger partial charge in [0.05, 0.1) is 22.4 Å². The van der Waals surface area contributed by atoms with Gasteiger partial charge in [0, 0.05) is 30.1 Å². The third kappa shape index (κ3) is 5.66. The minimum atomic E-state index is -0.479. The summed E-state index contributed by atoms with van der Waals surface area (Å²) < 4.78 is 30.0. The smallest absolute Gasteiger partial charge is 0.240 e. The first-order valence-electron chi connectivity index (χ1n) is 13.3. The van der Waals surface area contributed by atoms with Gasteiger partial charge in [-0.1, -0.05) is 48.5 Å². The maximum Gasteiger partial charge on any atom is 0.240 e. The van der Waals surface area contributed by atoms with Gasteiger partial charge in [-0.15, -0.1) is 11.8 Å². The summed E-state index contributed by atoms with van der Waals surface area (Å²) in [6, 6.07) is 25.1. The number of benzene rings is 3. The van der Waals surface area contributed by atoms with Gasteiger partial charge in [0.2, 0.25) is 11.8 Å². The largest absolute Gasteiger partial charge is 0.350 e. The molecular formula is C32H25F2N5O2S. The molecular weight excluding hydrogens is 556 g/mol. The number of hydrogen-bond donors (Lipinski definition) is 1. The topological polar surface area (TPSA) is 80.1 Å². The summed E-state index contributed by atoms with van der Waals surface area (Å²) >= 11 is 1.35. The molecule has 0 fully saturated rings. The number of nitrogens with one attached hydrogen (secondary N) is 1. The van der Waals surface area contributed by atoms with Crippen LogP contribution >= 0.6 is 11.8 Å². The molecule has 2 aromatic heterocycles. The van der Waals surface area contributed by atoms with E-state index in [1.807, 2.05) is 42.5 Å². The normalized spacial score (nSPS) is 14.8. The number of fused-ring (bicyclic) bond motifs is 1. The van der Waals surface area contributed by atoms with Crippen molar-refractivity contribution in [3.63, 3.8) is 0 Å². The van der Waals surface area contributed by atoms with Gasteiger partial charge >= 0.3 is 0 Å². The summed E-state index contributed by atoms with van der Waals surface area (Å²) in [4.78, 5) is 32.5. The molecule has 1 atom stereocenters. The monoisotopic (exact) mass is 581 g/mol. The summed E-state index contributed by atoms with van der Waals surface area (Å²) in [6.45, 7) is -0.0294. The number of halogens is 2. The zero-order chi connectivity index (χ0) is 29.1. The number of anilines is 1. The molecule has 0 radical (unpaired) electrons. The van der Waals surface area contributed by atoms with E-state index in [9.17, 15) is 18.4 Å². The lowest BCUT2D eigenvalue weighted by Gasteiger charge is -2.23. The highest BCUT2D eigenvalue weighted by molar-refractivity contribution is 8.00. The third-order valence-electron chi connectivity index (χ3n) is 6.87. The van der Waals surface area contributed by atoms with Gasteiger partial charge in [0.15, 0.2) is 0 Å². The minimum Gasteiger partial charge on any atom is -0.350 e. The molecule has 210 valence electrons. The van der Waals surface area contributed by atoms with E-state index in [0.717, 1.165) is 11.1 Å². The maximum atomic E-state index is 14.5. The van der Waals surface area contributed by atoms with E-state index in [0.29, 0.717) is 28.3 Å². The quantitative estimate of drug-likeness (QED) is 0.267. The molecule has 1 N–H and O–H groups in total. The van der Waals surface area contributed by atoms with Crippen LogP contribution in [0.2, 0.25) is 0 Å². The summed E-state index contributed by atoms with van der Waals surface area (Å²) in [5.41, 5.74) is 4.00. The van der Waals surface area contributed by atoms with Crippen molar-refractivity contribution < 1.29 is 18.4 Å². The highest BCUT2D eigenvalue weighted by Gasteiger charge is 2.37. The number of thioether (sulfide) groups is 1. The summed E-state index contributed by atoms with van der Waals surface area (Å²) in [5, 5.41) is 7.33. The van der Waals surface area contributed by atoms with Crippen LogP contribution < -0.4 is 10.2 Å². The molecule has 0 saturated carbocycles. The molecule has 3 aromatic carbocycles. The highest BCUT2D eigenvalue weighted by atomic mass is 32.2. The van der Waals surface area contributed by atoms with E-state index in [2.05, 4.69) is 10.3 Å². The predicted octanol–water partition coefficient (Wildman–Crippen LogP) is 5.70. The van der Waals surface area contributed by atoms with Crippen LogP contribution in [0, 0.1) is 11.6 Å². The number of rotatable bonds is 7. The van der Waals surface area contributed by atoms with Crippen LogP contribution in [0.3, 0.4) is 0 Å². The Kier molecular flexibility index (Phi) is 7.78. The Morgan fingerprint density at radius 3 is 2.50 bits per heavy atom. The second kappa shape index (κ2) is 12.0. The van der Waals surface area contributed by atoms with Crippen molar-refractivity contribution in [2.24, 2.45) is 0 Å². The SMILES string of the molecule is O=C(CN1C(=O)CS[C@H](c2cccc(F)c2)c2c(-c3ccccc3)nn(-c3ccc(F)cc3)c21)NCc1cccnc1. The first-order chi connectivity index (χ1) is 20.5. The fourth-order valence-electron chi connectivity index (χ4n) is 4.93. The Labute approximate surface area is 245 Å². The molecule has 5 aromatic rings. The lowest BCUT2D eigenvalue weighted by Crippen LogP contribution is -2.42. The molecule has 7 nitrogen and oxygen atoms in total. The molecule has 1 aliphatic heterocycles. The average molecular weight is 582 g/mol. The first-order valence-corrected chi connectivity index (χ1v) is 14.3. The van der Waals surface area contributed by atoms with Crippen molar-refractivity contribution in [2.75, 3.05) is 17.2 Å². The van der Waals surface area contributed by atoms with Crippen molar-refractivity contribution >= 4 is 29.4 Å². The number of carbonyl (C=O) groups is 2. The zero-order valence-electron chi connectivity index (χ0n) is 22.3. The van der Waals surface area contributed by atoms with Crippen LogP contribution in [0.1, 0.15) is 21.9 Å². The average Bonchev–Trinajstić information content (AvgIpc) is 3.33. The molecule has 0 spiro atoms. The van der Waals surface area contributed by atoms with Crippen LogP contribution in [-0.4, -0.2) is 38.9 Å². The van der Waals surface area contributed by atoms with E-state index in [1.165, 1.54) is 40.9 Å². The van der Waals surface area contributed by atoms with Crippen LogP contribution in [0.15, 0.2) is 103 Å². The Bertz CT molecular complexity index is 1730. The van der Waals surface area contributed by atoms with Crippen molar-refractivity contribution in [1.29, 1.82) is 0 Å². The molecule has 2 amide bonds. The van der Waals surface area contributed by atoms with Crippen molar-refractivity contribution in [1.82, 2.24) is 20.1 Å². The van der Waals surface area contributed by atoms with E-state index in [1.54, 1.807) is 41.3 Å². The predicted molar refractivity (Wildman–Crippen MR) is 158 cm³/mol. The lowest BCUT2D eigenvalue weighted by molar-refractivity contribution is -0.123. The zero-order valence-corrected chi connectivity index (χ0v) is 23.1. The molecule has 42 heavy (non-hydrogen) atoms. The Balaban J connectivity index is 1.52. The fourth-order valence-corrected chi connectivity index (χ4v) is 6.11. The van der Waals surface area contributed by atoms with Gasteiger partial charge in [-0.2, -0.15) is 5.10 Å². The second-order valence-electron chi connectivity index (χ2n) is 9.70. The van der Waals surface area contributed by atoms with E-state index in [-0.39, 0.29) is 30.7 Å². The maximum absolute atomic E-state index is 14.5.